The summed E-state index contributed by atoms with van der Waals surface area (Å²) in [5, 5.41) is 0. The predicted octanol–water partition coefficient (Wildman–Crippen LogP) is 5.48. The molecule has 1 fully saturated rings. The number of nitrogens with two attached hydrogens (primary N) is 1. The minimum absolute atomic E-state index is 0.230. The van der Waals surface area contributed by atoms with Crippen LogP contribution in [0.1, 0.15) is 50.7 Å². The molecule has 0 spiro atoms. The third-order valence-corrected chi connectivity index (χ3v) is 4.87. The number of nitrogen functional groups attached to an aromatic ring is 1. The number of aryl methyl sites for hydroxylation is 1. The lowest BCUT2D eigenvalue weighted by molar-refractivity contribution is 0.0205. The Kier molecular flexibility index (Phi) is 5.82. The highest BCUT2D eigenvalue weighted by atomic mass is 16.6. The zero-order valence-electron chi connectivity index (χ0n) is 17.2. The number of rotatable bonds is 3. The van der Waals surface area contributed by atoms with Crippen molar-refractivity contribution in [1.29, 1.82) is 0 Å². The second-order valence-corrected chi connectivity index (χ2v) is 8.46. The number of likely N-dealkylation sites (tertiary alicyclic amines) is 1. The van der Waals surface area contributed by atoms with Crippen LogP contribution in [-0.4, -0.2) is 29.7 Å². The summed E-state index contributed by atoms with van der Waals surface area (Å²) in [7, 11) is 0. The number of nitrogens with zero attached hydrogens (tertiary/aromatic N) is 1. The summed E-state index contributed by atoms with van der Waals surface area (Å²) >= 11 is 0. The van der Waals surface area contributed by atoms with E-state index in [2.05, 4.69) is 6.07 Å². The molecule has 2 aromatic rings. The van der Waals surface area contributed by atoms with Crippen LogP contribution in [0.5, 0.6) is 11.5 Å². The van der Waals surface area contributed by atoms with E-state index in [9.17, 15) is 4.79 Å². The van der Waals surface area contributed by atoms with Gasteiger partial charge in [0.25, 0.3) is 0 Å². The van der Waals surface area contributed by atoms with Crippen LogP contribution in [0.3, 0.4) is 0 Å². The quantitative estimate of drug-likeness (QED) is 0.714. The van der Waals surface area contributed by atoms with Gasteiger partial charge in [-0.05, 0) is 81.8 Å². The Bertz CT molecular complexity index is 834. The highest BCUT2D eigenvalue weighted by molar-refractivity contribution is 5.68. The van der Waals surface area contributed by atoms with E-state index in [1.54, 1.807) is 4.90 Å². The first-order valence-corrected chi connectivity index (χ1v) is 9.83. The molecule has 0 aliphatic carbocycles. The molecule has 0 unspecified atom stereocenters. The van der Waals surface area contributed by atoms with Gasteiger partial charge >= 0.3 is 6.09 Å². The average Bonchev–Trinajstić information content (AvgIpc) is 2.62. The molecule has 2 aromatic carbocycles. The van der Waals surface area contributed by atoms with Crippen molar-refractivity contribution in [3.8, 4) is 11.5 Å². The molecular formula is C23H30N2O3. The third kappa shape index (κ3) is 5.18. The zero-order chi connectivity index (χ0) is 20.3. The monoisotopic (exact) mass is 382 g/mol. The first-order valence-electron chi connectivity index (χ1n) is 9.83. The average molecular weight is 383 g/mol. The maximum atomic E-state index is 12.3. The van der Waals surface area contributed by atoms with Gasteiger partial charge in [0, 0.05) is 13.1 Å². The number of hydrogen-bond donors (Lipinski definition) is 1. The highest BCUT2D eigenvalue weighted by Crippen LogP contribution is 2.35. The lowest BCUT2D eigenvalue weighted by atomic mass is 9.89. The van der Waals surface area contributed by atoms with Gasteiger partial charge in [-0.3, -0.25) is 0 Å². The SMILES string of the molecule is Cc1cccc(Oc2cc(C3CCN(C(=O)OC(C)(C)C)CC3)ccc2N)c1. The molecule has 1 saturated heterocycles. The molecule has 0 radical (unpaired) electrons. The number of piperidine rings is 1. The highest BCUT2D eigenvalue weighted by Gasteiger charge is 2.27. The van der Waals surface area contributed by atoms with Gasteiger partial charge in [-0.15, -0.1) is 0 Å². The third-order valence-electron chi connectivity index (χ3n) is 4.87. The van der Waals surface area contributed by atoms with Crippen molar-refractivity contribution in [3.05, 3.63) is 53.6 Å². The van der Waals surface area contributed by atoms with E-state index in [1.807, 2.05) is 64.1 Å². The van der Waals surface area contributed by atoms with Crippen molar-refractivity contribution >= 4 is 11.8 Å². The fourth-order valence-corrected chi connectivity index (χ4v) is 3.42. The predicted molar refractivity (Wildman–Crippen MR) is 112 cm³/mol. The number of benzene rings is 2. The molecule has 3 rings (SSSR count). The van der Waals surface area contributed by atoms with Gasteiger partial charge in [0.15, 0.2) is 5.75 Å². The van der Waals surface area contributed by atoms with Crippen molar-refractivity contribution < 1.29 is 14.3 Å². The standard InChI is InChI=1S/C23H30N2O3/c1-16-6-5-7-19(14-16)27-21-15-18(8-9-20(21)24)17-10-12-25(13-11-17)22(26)28-23(2,3)4/h5-9,14-15,17H,10-13,24H2,1-4H3. The second-order valence-electron chi connectivity index (χ2n) is 8.46. The number of carbonyl (C=O) groups excluding carboxylic acids is 1. The summed E-state index contributed by atoms with van der Waals surface area (Å²) in [5.41, 5.74) is 8.62. The van der Waals surface area contributed by atoms with Crippen LogP contribution in [0.2, 0.25) is 0 Å². The Morgan fingerprint density at radius 3 is 2.46 bits per heavy atom. The smallest absolute Gasteiger partial charge is 0.410 e. The van der Waals surface area contributed by atoms with Gasteiger partial charge in [-0.2, -0.15) is 0 Å². The van der Waals surface area contributed by atoms with Crippen molar-refractivity contribution in [1.82, 2.24) is 4.90 Å². The summed E-state index contributed by atoms with van der Waals surface area (Å²) in [6.07, 6.45) is 1.56. The van der Waals surface area contributed by atoms with Crippen LogP contribution < -0.4 is 10.5 Å². The lowest BCUT2D eigenvalue weighted by Crippen LogP contribution is -2.41. The van der Waals surface area contributed by atoms with E-state index < -0.39 is 5.60 Å². The molecule has 0 atom stereocenters. The van der Waals surface area contributed by atoms with E-state index in [-0.39, 0.29) is 6.09 Å². The molecule has 1 heterocycles. The van der Waals surface area contributed by atoms with Crippen molar-refractivity contribution in [2.24, 2.45) is 0 Å². The van der Waals surface area contributed by atoms with Crippen LogP contribution in [0.15, 0.2) is 42.5 Å². The molecule has 5 nitrogen and oxygen atoms in total. The van der Waals surface area contributed by atoms with Crippen LogP contribution in [0.25, 0.3) is 0 Å². The minimum Gasteiger partial charge on any atom is -0.455 e. The van der Waals surface area contributed by atoms with Gasteiger partial charge in [-0.25, -0.2) is 4.79 Å². The van der Waals surface area contributed by atoms with Gasteiger partial charge in [0.1, 0.15) is 11.4 Å². The molecule has 1 aliphatic heterocycles. The number of anilines is 1. The molecule has 0 bridgehead atoms. The number of ether oxygens (including phenoxy) is 2. The van der Waals surface area contributed by atoms with Gasteiger partial charge in [0.05, 0.1) is 5.69 Å². The van der Waals surface area contributed by atoms with Crippen LogP contribution >= 0.6 is 0 Å². The molecule has 2 N–H and O–H groups in total. The van der Waals surface area contributed by atoms with E-state index in [1.165, 1.54) is 5.56 Å². The minimum atomic E-state index is -0.465. The fourth-order valence-electron chi connectivity index (χ4n) is 3.42. The van der Waals surface area contributed by atoms with Crippen molar-refractivity contribution in [3.63, 3.8) is 0 Å². The summed E-state index contributed by atoms with van der Waals surface area (Å²) in [6, 6.07) is 13.9. The fraction of sp³-hybridized carbons (Fsp3) is 0.435. The second kappa shape index (κ2) is 8.13. The van der Waals surface area contributed by atoms with Crippen LogP contribution in [0, 0.1) is 6.92 Å². The first-order chi connectivity index (χ1) is 13.2. The molecule has 5 heteroatoms. The molecule has 1 aliphatic rings. The molecular weight excluding hydrogens is 352 g/mol. The summed E-state index contributed by atoms with van der Waals surface area (Å²) in [6.45, 7) is 9.09. The number of amides is 1. The van der Waals surface area contributed by atoms with E-state index in [0.717, 1.165) is 24.2 Å². The molecule has 0 saturated carbocycles. The molecule has 0 aromatic heterocycles. The normalized spacial score (nSPS) is 15.4. The molecule has 28 heavy (non-hydrogen) atoms. The maximum Gasteiger partial charge on any atom is 0.410 e. The zero-order valence-corrected chi connectivity index (χ0v) is 17.2. The Labute approximate surface area is 167 Å². The van der Waals surface area contributed by atoms with Gasteiger partial charge in [-0.1, -0.05) is 18.2 Å². The van der Waals surface area contributed by atoms with Crippen molar-refractivity contribution in [2.45, 2.75) is 52.1 Å². The van der Waals surface area contributed by atoms with Crippen molar-refractivity contribution in [2.75, 3.05) is 18.8 Å². The topological polar surface area (TPSA) is 64.8 Å². The summed E-state index contributed by atoms with van der Waals surface area (Å²) in [5.74, 6) is 1.83. The molecule has 150 valence electrons. The van der Waals surface area contributed by atoms with Crippen LogP contribution in [0.4, 0.5) is 10.5 Å². The summed E-state index contributed by atoms with van der Waals surface area (Å²) in [4.78, 5) is 14.0. The van der Waals surface area contributed by atoms with Crippen LogP contribution in [-0.2, 0) is 4.74 Å². The maximum absolute atomic E-state index is 12.3. The Morgan fingerprint density at radius 2 is 1.82 bits per heavy atom. The Balaban J connectivity index is 1.66. The first kappa shape index (κ1) is 20.1. The van der Waals surface area contributed by atoms with E-state index >= 15 is 0 Å². The Hall–Kier alpha value is -2.69. The van der Waals surface area contributed by atoms with E-state index in [0.29, 0.717) is 30.4 Å². The lowest BCUT2D eigenvalue weighted by Gasteiger charge is -2.33. The Morgan fingerprint density at radius 1 is 1.11 bits per heavy atom. The molecule has 1 amide bonds. The van der Waals surface area contributed by atoms with Gasteiger partial charge < -0.3 is 20.1 Å². The number of hydrogen-bond acceptors (Lipinski definition) is 4. The number of carbonyl (C=O) groups is 1. The summed E-state index contributed by atoms with van der Waals surface area (Å²) < 4.78 is 11.5. The largest absolute Gasteiger partial charge is 0.455 e. The van der Waals surface area contributed by atoms with Gasteiger partial charge in [0.2, 0.25) is 0 Å². The van der Waals surface area contributed by atoms with E-state index in [4.69, 9.17) is 15.2 Å².